The van der Waals surface area contributed by atoms with Gasteiger partial charge in [0, 0.05) is 44.0 Å². The molecule has 0 bridgehead atoms. The van der Waals surface area contributed by atoms with E-state index in [9.17, 15) is 4.79 Å². The number of rotatable bonds is 3. The largest absolute Gasteiger partial charge is 0.381 e. The normalized spacial score (nSPS) is 19.1. The Morgan fingerprint density at radius 2 is 1.82 bits per heavy atom. The van der Waals surface area contributed by atoms with Gasteiger partial charge in [-0.15, -0.1) is 0 Å². The number of hydrogen-bond donors (Lipinski definition) is 1. The van der Waals surface area contributed by atoms with Gasteiger partial charge in [-0.2, -0.15) is 0 Å². The van der Waals surface area contributed by atoms with E-state index in [-0.39, 0.29) is 11.3 Å². The second kappa shape index (κ2) is 7.76. The first-order chi connectivity index (χ1) is 13.6. The molecule has 0 aromatic heterocycles. The molecule has 5 heteroatoms. The number of amidine groups is 1. The van der Waals surface area contributed by atoms with Gasteiger partial charge in [0.1, 0.15) is 5.84 Å². The number of carbonyl (C=O) groups excluding carboxylic acids is 1. The third kappa shape index (κ3) is 3.67. The maximum atomic E-state index is 12.1. The van der Waals surface area contributed by atoms with Crippen LogP contribution >= 0.6 is 0 Å². The molecule has 1 amide bonds. The molecule has 1 fully saturated rings. The molecule has 0 saturated carbocycles. The van der Waals surface area contributed by atoms with Crippen LogP contribution in [0, 0.1) is 5.41 Å². The molecule has 0 unspecified atom stereocenters. The van der Waals surface area contributed by atoms with Crippen LogP contribution in [0.3, 0.4) is 0 Å². The van der Waals surface area contributed by atoms with Gasteiger partial charge >= 0.3 is 0 Å². The molecule has 0 aliphatic carbocycles. The van der Waals surface area contributed by atoms with E-state index in [4.69, 9.17) is 9.73 Å². The van der Waals surface area contributed by atoms with Crippen LogP contribution in [0.25, 0.3) is 0 Å². The highest BCUT2D eigenvalue weighted by Crippen LogP contribution is 2.41. The Bertz CT molecular complexity index is 881. The first-order valence-corrected chi connectivity index (χ1v) is 9.86. The van der Waals surface area contributed by atoms with Crippen molar-refractivity contribution in [2.45, 2.75) is 25.8 Å². The summed E-state index contributed by atoms with van der Waals surface area (Å²) in [4.78, 5) is 18.6. The molecule has 28 heavy (non-hydrogen) atoms. The highest BCUT2D eigenvalue weighted by Gasteiger charge is 2.41. The topological polar surface area (TPSA) is 53.9 Å². The zero-order valence-corrected chi connectivity index (χ0v) is 16.6. The summed E-state index contributed by atoms with van der Waals surface area (Å²) in [5, 5.41) is 3.61. The molecule has 0 atom stereocenters. The zero-order valence-electron chi connectivity index (χ0n) is 16.6. The molecular weight excluding hydrogens is 350 g/mol. The smallest absolute Gasteiger partial charge is 0.253 e. The predicted molar refractivity (Wildman–Crippen MR) is 112 cm³/mol. The van der Waals surface area contributed by atoms with Gasteiger partial charge in [-0.25, -0.2) is 0 Å². The second-order valence-corrected chi connectivity index (χ2v) is 7.91. The fourth-order valence-electron chi connectivity index (χ4n) is 4.07. The zero-order chi connectivity index (χ0) is 19.6. The lowest BCUT2D eigenvalue weighted by Gasteiger charge is -2.42. The van der Waals surface area contributed by atoms with E-state index >= 15 is 0 Å². The number of ether oxygens (including phenoxy) is 1. The van der Waals surface area contributed by atoms with E-state index < -0.39 is 0 Å². The summed E-state index contributed by atoms with van der Waals surface area (Å²) in [5.41, 5.74) is 4.35. The van der Waals surface area contributed by atoms with Crippen molar-refractivity contribution in [2.24, 2.45) is 10.4 Å². The fourth-order valence-corrected chi connectivity index (χ4v) is 4.07. The second-order valence-electron chi connectivity index (χ2n) is 7.91. The van der Waals surface area contributed by atoms with Crippen LogP contribution in [0.2, 0.25) is 0 Å². The van der Waals surface area contributed by atoms with Gasteiger partial charge in [0.25, 0.3) is 5.91 Å². The Hall–Kier alpha value is -2.66. The monoisotopic (exact) mass is 377 g/mol. The van der Waals surface area contributed by atoms with Crippen LogP contribution in [0.5, 0.6) is 0 Å². The van der Waals surface area contributed by atoms with Crippen molar-refractivity contribution in [1.29, 1.82) is 0 Å². The number of carbonyl (C=O) groups is 1. The molecule has 2 heterocycles. The number of nitrogens with zero attached hydrogens (tertiary/aromatic N) is 2. The van der Waals surface area contributed by atoms with Gasteiger partial charge in [0.05, 0.1) is 6.54 Å². The highest BCUT2D eigenvalue weighted by molar-refractivity contribution is 6.02. The van der Waals surface area contributed by atoms with Crippen molar-refractivity contribution in [3.05, 3.63) is 65.2 Å². The SMILES string of the molecule is CN(C)C(=O)c1ccc(CN=C2Nc3ccccc3CC23CCOCC3)cc1. The predicted octanol–water partition coefficient (Wildman–Crippen LogP) is 3.75. The lowest BCUT2D eigenvalue weighted by molar-refractivity contribution is 0.0448. The Morgan fingerprint density at radius 3 is 2.54 bits per heavy atom. The van der Waals surface area contributed by atoms with Crippen LogP contribution in [0.4, 0.5) is 5.69 Å². The molecule has 2 aliphatic rings. The Labute approximate surface area is 166 Å². The van der Waals surface area contributed by atoms with Crippen LogP contribution in [0.15, 0.2) is 53.5 Å². The van der Waals surface area contributed by atoms with E-state index in [1.165, 1.54) is 5.56 Å². The van der Waals surface area contributed by atoms with E-state index in [2.05, 4.69) is 29.6 Å². The van der Waals surface area contributed by atoms with Gasteiger partial charge in [0.15, 0.2) is 0 Å². The quantitative estimate of drug-likeness (QED) is 0.886. The molecule has 1 saturated heterocycles. The van der Waals surface area contributed by atoms with Crippen LogP contribution < -0.4 is 5.32 Å². The first kappa shape index (κ1) is 18.7. The summed E-state index contributed by atoms with van der Waals surface area (Å²) in [6, 6.07) is 16.2. The van der Waals surface area contributed by atoms with E-state index in [0.717, 1.165) is 49.6 Å². The fraction of sp³-hybridized carbons (Fsp3) is 0.391. The average molecular weight is 377 g/mol. The molecule has 1 N–H and O–H groups in total. The van der Waals surface area contributed by atoms with Crippen LogP contribution in [-0.4, -0.2) is 44.0 Å². The number of hydrogen-bond acceptors (Lipinski definition) is 3. The summed E-state index contributed by atoms with van der Waals surface area (Å²) in [6.45, 7) is 2.16. The molecule has 2 aromatic carbocycles. The Morgan fingerprint density at radius 1 is 1.11 bits per heavy atom. The van der Waals surface area contributed by atoms with Crippen molar-refractivity contribution in [1.82, 2.24) is 4.90 Å². The van der Waals surface area contributed by atoms with Gasteiger partial charge in [-0.3, -0.25) is 9.79 Å². The van der Waals surface area contributed by atoms with Crippen molar-refractivity contribution >= 4 is 17.4 Å². The molecule has 1 spiro atoms. The van der Waals surface area contributed by atoms with Gasteiger partial charge < -0.3 is 15.0 Å². The van der Waals surface area contributed by atoms with Crippen molar-refractivity contribution in [3.8, 4) is 0 Å². The van der Waals surface area contributed by atoms with E-state index in [1.807, 2.05) is 24.3 Å². The van der Waals surface area contributed by atoms with E-state index in [0.29, 0.717) is 12.1 Å². The minimum atomic E-state index is 0.0181. The third-order valence-corrected chi connectivity index (χ3v) is 5.78. The number of anilines is 1. The third-order valence-electron chi connectivity index (χ3n) is 5.78. The summed E-state index contributed by atoms with van der Waals surface area (Å²) in [5.74, 6) is 1.09. The van der Waals surface area contributed by atoms with Gasteiger partial charge in [0.2, 0.25) is 0 Å². The number of para-hydroxylation sites is 1. The molecular formula is C23H27N3O2. The lowest BCUT2D eigenvalue weighted by Crippen LogP contribution is -2.45. The van der Waals surface area contributed by atoms with Gasteiger partial charge in [-0.1, -0.05) is 30.3 Å². The average Bonchev–Trinajstić information content (AvgIpc) is 2.72. The van der Waals surface area contributed by atoms with Gasteiger partial charge in [-0.05, 0) is 48.6 Å². The Kier molecular flexibility index (Phi) is 5.18. The Balaban J connectivity index is 1.57. The van der Waals surface area contributed by atoms with E-state index in [1.54, 1.807) is 19.0 Å². The maximum Gasteiger partial charge on any atom is 0.253 e. The number of amides is 1. The number of fused-ring (bicyclic) bond motifs is 1. The molecule has 4 rings (SSSR count). The van der Waals surface area contributed by atoms with Crippen molar-refractivity contribution in [2.75, 3.05) is 32.6 Å². The molecule has 2 aliphatic heterocycles. The molecule has 2 aromatic rings. The van der Waals surface area contributed by atoms with Crippen LogP contribution in [-0.2, 0) is 17.7 Å². The maximum absolute atomic E-state index is 12.1. The minimum absolute atomic E-state index is 0.0181. The first-order valence-electron chi connectivity index (χ1n) is 9.86. The number of nitrogens with one attached hydrogen (secondary N) is 1. The van der Waals surface area contributed by atoms with Crippen molar-refractivity contribution in [3.63, 3.8) is 0 Å². The summed E-state index contributed by atoms with van der Waals surface area (Å²) < 4.78 is 5.63. The summed E-state index contributed by atoms with van der Waals surface area (Å²) in [7, 11) is 3.53. The molecule has 5 nitrogen and oxygen atoms in total. The lowest BCUT2D eigenvalue weighted by atomic mass is 9.71. The number of benzene rings is 2. The van der Waals surface area contributed by atoms with Crippen LogP contribution in [0.1, 0.15) is 34.3 Å². The number of aliphatic imine (C=N–C) groups is 1. The molecule has 0 radical (unpaired) electrons. The molecule has 146 valence electrons. The minimum Gasteiger partial charge on any atom is -0.381 e. The van der Waals surface area contributed by atoms with Crippen molar-refractivity contribution < 1.29 is 9.53 Å². The summed E-state index contributed by atoms with van der Waals surface area (Å²) >= 11 is 0. The highest BCUT2D eigenvalue weighted by atomic mass is 16.5. The standard InChI is InChI=1S/C23H27N3O2/c1-26(2)21(27)18-9-7-17(8-10-18)16-24-22-23(11-13-28-14-12-23)15-19-5-3-4-6-20(19)25-22/h3-10H,11-16H2,1-2H3,(H,24,25). The summed E-state index contributed by atoms with van der Waals surface area (Å²) in [6.07, 6.45) is 2.99.